The molecule has 1 aromatic rings. The molecule has 0 aromatic heterocycles. The van der Waals surface area contributed by atoms with Crippen LogP contribution < -0.4 is 0 Å². The van der Waals surface area contributed by atoms with Crippen molar-refractivity contribution in [1.29, 1.82) is 0 Å². The second-order valence-electron chi connectivity index (χ2n) is 4.48. The van der Waals surface area contributed by atoms with Gasteiger partial charge < -0.3 is 10.0 Å². The van der Waals surface area contributed by atoms with Crippen LogP contribution in [0, 0.1) is 10.1 Å². The van der Waals surface area contributed by atoms with E-state index < -0.39 is 16.8 Å². The Morgan fingerprint density at radius 3 is 2.48 bits per heavy atom. The average molecular weight is 294 g/mol. The third-order valence-corrected chi connectivity index (χ3v) is 3.17. The first-order valence-corrected chi connectivity index (χ1v) is 6.69. The molecule has 0 atom stereocenters. The summed E-state index contributed by atoms with van der Waals surface area (Å²) in [7, 11) is 0. The van der Waals surface area contributed by atoms with Gasteiger partial charge in [0.05, 0.1) is 11.3 Å². The van der Waals surface area contributed by atoms with Gasteiger partial charge in [0.15, 0.2) is 0 Å². The van der Waals surface area contributed by atoms with Crippen molar-refractivity contribution < 1.29 is 19.6 Å². The van der Waals surface area contributed by atoms with Gasteiger partial charge in [0.1, 0.15) is 0 Å². The zero-order valence-corrected chi connectivity index (χ0v) is 12.0. The van der Waals surface area contributed by atoms with Gasteiger partial charge in [-0.1, -0.05) is 13.0 Å². The third-order valence-electron chi connectivity index (χ3n) is 3.17. The van der Waals surface area contributed by atoms with Crippen LogP contribution in [0.4, 0.5) is 5.69 Å². The summed E-state index contributed by atoms with van der Waals surface area (Å²) in [6.45, 7) is 3.95. The molecule has 1 rings (SSSR count). The Morgan fingerprint density at radius 2 is 2.00 bits per heavy atom. The molecule has 0 spiro atoms. The van der Waals surface area contributed by atoms with Crippen molar-refractivity contribution in [1.82, 2.24) is 4.90 Å². The Hall–Kier alpha value is -2.44. The fraction of sp³-hybridized carbons (Fsp3) is 0.429. The number of nitro groups is 1. The number of nitro benzene ring substituents is 1. The smallest absolute Gasteiger partial charge is 0.305 e. The van der Waals surface area contributed by atoms with Crippen LogP contribution in [0.15, 0.2) is 18.2 Å². The number of benzene rings is 1. The molecule has 21 heavy (non-hydrogen) atoms. The number of carboxylic acid groups (broad SMARTS) is 1. The highest BCUT2D eigenvalue weighted by Gasteiger charge is 2.20. The molecule has 7 heteroatoms. The van der Waals surface area contributed by atoms with E-state index in [9.17, 15) is 19.7 Å². The highest BCUT2D eigenvalue weighted by atomic mass is 16.6. The van der Waals surface area contributed by atoms with Gasteiger partial charge >= 0.3 is 5.97 Å². The number of carbonyl (C=O) groups is 2. The van der Waals surface area contributed by atoms with Crippen LogP contribution in [0.5, 0.6) is 0 Å². The summed E-state index contributed by atoms with van der Waals surface area (Å²) in [4.78, 5) is 34.7. The molecule has 7 nitrogen and oxygen atoms in total. The molecule has 1 N–H and O–H groups in total. The second-order valence-corrected chi connectivity index (χ2v) is 4.48. The van der Waals surface area contributed by atoms with Crippen LogP contribution in [0.25, 0.3) is 0 Å². The van der Waals surface area contributed by atoms with Crippen molar-refractivity contribution in [2.24, 2.45) is 0 Å². The Morgan fingerprint density at radius 1 is 1.33 bits per heavy atom. The van der Waals surface area contributed by atoms with E-state index in [4.69, 9.17) is 5.11 Å². The molecule has 0 heterocycles. The summed E-state index contributed by atoms with van der Waals surface area (Å²) in [6.07, 6.45) is 0.343. The largest absolute Gasteiger partial charge is 0.481 e. The number of nitrogens with zero attached hydrogens (tertiary/aromatic N) is 2. The lowest BCUT2D eigenvalue weighted by Gasteiger charge is -2.20. The summed E-state index contributed by atoms with van der Waals surface area (Å²) < 4.78 is 0. The number of aryl methyl sites for hydroxylation is 1. The maximum absolute atomic E-state index is 12.3. The average Bonchev–Trinajstić information content (AvgIpc) is 2.46. The Balaban J connectivity index is 3.02. The molecule has 1 amide bonds. The molecule has 0 aliphatic rings. The zero-order chi connectivity index (χ0) is 16.0. The molecule has 0 aliphatic carbocycles. The topological polar surface area (TPSA) is 101 Å². The molecule has 0 bridgehead atoms. The molecular formula is C14H18N2O5. The van der Waals surface area contributed by atoms with Crippen molar-refractivity contribution >= 4 is 17.6 Å². The fourth-order valence-corrected chi connectivity index (χ4v) is 1.98. The van der Waals surface area contributed by atoms with Gasteiger partial charge in [-0.05, 0) is 19.4 Å². The summed E-state index contributed by atoms with van der Waals surface area (Å²) in [6, 6.07) is 4.36. The lowest BCUT2D eigenvalue weighted by Crippen LogP contribution is -2.32. The van der Waals surface area contributed by atoms with E-state index in [0.717, 1.165) is 0 Å². The van der Waals surface area contributed by atoms with Crippen LogP contribution >= 0.6 is 0 Å². The molecule has 1 aromatic carbocycles. The van der Waals surface area contributed by atoms with Crippen LogP contribution in [0.1, 0.15) is 36.2 Å². The maximum Gasteiger partial charge on any atom is 0.305 e. The number of amides is 1. The monoisotopic (exact) mass is 294 g/mol. The van der Waals surface area contributed by atoms with E-state index in [2.05, 4.69) is 0 Å². The molecule has 0 unspecified atom stereocenters. The summed E-state index contributed by atoms with van der Waals surface area (Å²) in [5, 5.41) is 19.7. The minimum Gasteiger partial charge on any atom is -0.481 e. The summed E-state index contributed by atoms with van der Waals surface area (Å²) >= 11 is 0. The van der Waals surface area contributed by atoms with E-state index in [-0.39, 0.29) is 24.2 Å². The van der Waals surface area contributed by atoms with E-state index in [1.807, 2.05) is 0 Å². The van der Waals surface area contributed by atoms with E-state index >= 15 is 0 Å². The third kappa shape index (κ3) is 4.27. The Bertz CT molecular complexity index is 556. The minimum absolute atomic E-state index is 0.0774. The molecule has 0 saturated heterocycles. The summed E-state index contributed by atoms with van der Waals surface area (Å²) in [5.41, 5.74) is 0.675. The normalized spacial score (nSPS) is 10.2. The minimum atomic E-state index is -0.992. The van der Waals surface area contributed by atoms with Crippen molar-refractivity contribution in [2.45, 2.75) is 26.7 Å². The Kier molecular flexibility index (Phi) is 5.83. The van der Waals surface area contributed by atoms with Gasteiger partial charge in [-0.25, -0.2) is 0 Å². The van der Waals surface area contributed by atoms with E-state index in [1.165, 1.54) is 17.0 Å². The number of hydrogen-bond donors (Lipinski definition) is 1. The molecule has 0 radical (unpaired) electrons. The molecule has 0 fully saturated rings. The van der Waals surface area contributed by atoms with Crippen LogP contribution in [0.3, 0.4) is 0 Å². The first-order valence-electron chi connectivity index (χ1n) is 6.69. The quantitative estimate of drug-likeness (QED) is 0.613. The molecule has 0 saturated carbocycles. The lowest BCUT2D eigenvalue weighted by atomic mass is 10.1. The van der Waals surface area contributed by atoms with E-state index in [1.54, 1.807) is 19.9 Å². The maximum atomic E-state index is 12.3. The van der Waals surface area contributed by atoms with Crippen LogP contribution in [-0.4, -0.2) is 39.9 Å². The predicted molar refractivity (Wildman–Crippen MR) is 76.3 cm³/mol. The van der Waals surface area contributed by atoms with Crippen LogP contribution in [-0.2, 0) is 11.2 Å². The second kappa shape index (κ2) is 7.37. The fourth-order valence-electron chi connectivity index (χ4n) is 1.98. The van der Waals surface area contributed by atoms with Gasteiger partial charge in [0, 0.05) is 30.3 Å². The van der Waals surface area contributed by atoms with Crippen molar-refractivity contribution in [3.8, 4) is 0 Å². The SMILES string of the molecule is CCc1ccc(C(=O)N(CC)CCC(=O)O)cc1[N+](=O)[O-]. The molecular weight excluding hydrogens is 276 g/mol. The first-order chi connectivity index (χ1) is 9.90. The van der Waals surface area contributed by atoms with Crippen molar-refractivity contribution in [2.75, 3.05) is 13.1 Å². The van der Waals surface area contributed by atoms with Crippen molar-refractivity contribution in [3.63, 3.8) is 0 Å². The zero-order valence-electron chi connectivity index (χ0n) is 12.0. The lowest BCUT2D eigenvalue weighted by molar-refractivity contribution is -0.385. The first kappa shape index (κ1) is 16.6. The number of carbonyl (C=O) groups excluding carboxylic acids is 1. The number of aliphatic carboxylic acids is 1. The van der Waals surface area contributed by atoms with E-state index in [0.29, 0.717) is 18.5 Å². The Labute approximate surface area is 122 Å². The molecule has 114 valence electrons. The standard InChI is InChI=1S/C14H18N2O5/c1-3-10-5-6-11(9-12(10)16(20)21)14(19)15(4-2)8-7-13(17)18/h5-6,9H,3-4,7-8H2,1-2H3,(H,17,18). The van der Waals surface area contributed by atoms with Gasteiger partial charge in [-0.3, -0.25) is 19.7 Å². The highest BCUT2D eigenvalue weighted by molar-refractivity contribution is 5.95. The highest BCUT2D eigenvalue weighted by Crippen LogP contribution is 2.21. The number of carboxylic acids is 1. The van der Waals surface area contributed by atoms with Gasteiger partial charge in [0.25, 0.3) is 11.6 Å². The predicted octanol–water partition coefficient (Wildman–Crippen LogP) is 2.09. The molecule has 0 aliphatic heterocycles. The number of hydrogen-bond acceptors (Lipinski definition) is 4. The van der Waals surface area contributed by atoms with Crippen LogP contribution in [0.2, 0.25) is 0 Å². The van der Waals surface area contributed by atoms with Crippen molar-refractivity contribution in [3.05, 3.63) is 39.4 Å². The van der Waals surface area contributed by atoms with Gasteiger partial charge in [-0.15, -0.1) is 0 Å². The van der Waals surface area contributed by atoms with Gasteiger partial charge in [-0.2, -0.15) is 0 Å². The number of rotatable bonds is 7. The van der Waals surface area contributed by atoms with Gasteiger partial charge in [0.2, 0.25) is 0 Å². The summed E-state index contributed by atoms with van der Waals surface area (Å²) in [5.74, 6) is -1.39.